The molecule has 1 N–H and O–H groups in total. The van der Waals surface area contributed by atoms with Crippen molar-refractivity contribution >= 4 is 11.8 Å². The van der Waals surface area contributed by atoms with Gasteiger partial charge in [-0.2, -0.15) is 0 Å². The van der Waals surface area contributed by atoms with E-state index in [-0.39, 0.29) is 17.7 Å². The van der Waals surface area contributed by atoms with Gasteiger partial charge in [0.05, 0.1) is 11.1 Å². The molecule has 0 spiro atoms. The molecule has 5 nitrogen and oxygen atoms in total. The first-order valence-electron chi connectivity index (χ1n) is 12.1. The van der Waals surface area contributed by atoms with E-state index in [0.29, 0.717) is 17.7 Å². The highest BCUT2D eigenvalue weighted by Gasteiger charge is 2.41. The standard InChI is InChI=1S/C29H30N2O3/c32-27-25-14-7-8-15-26(25)28(33)31(27)19-9-18-30-20-16-24(17-21-30)29(34,22-10-3-1-4-11-22)23-12-5-2-6-13-23/h1-8,10-15,24,34H,9,16-21H2. The van der Waals surface area contributed by atoms with E-state index in [4.69, 9.17) is 0 Å². The van der Waals surface area contributed by atoms with Crippen LogP contribution in [0.1, 0.15) is 51.1 Å². The number of amides is 2. The number of benzene rings is 3. The van der Waals surface area contributed by atoms with Crippen LogP contribution in [0.4, 0.5) is 0 Å². The van der Waals surface area contributed by atoms with E-state index in [2.05, 4.69) is 4.90 Å². The topological polar surface area (TPSA) is 60.9 Å². The van der Waals surface area contributed by atoms with Crippen LogP contribution in [0.25, 0.3) is 0 Å². The van der Waals surface area contributed by atoms with Crippen LogP contribution in [0, 0.1) is 5.92 Å². The van der Waals surface area contributed by atoms with Crippen molar-refractivity contribution in [2.24, 2.45) is 5.92 Å². The van der Waals surface area contributed by atoms with Gasteiger partial charge in [0.15, 0.2) is 0 Å². The smallest absolute Gasteiger partial charge is 0.261 e. The maximum absolute atomic E-state index is 12.6. The first kappa shape index (κ1) is 22.5. The van der Waals surface area contributed by atoms with Crippen molar-refractivity contribution in [1.29, 1.82) is 0 Å². The van der Waals surface area contributed by atoms with Gasteiger partial charge in [-0.15, -0.1) is 0 Å². The number of hydrogen-bond donors (Lipinski definition) is 1. The van der Waals surface area contributed by atoms with Crippen LogP contribution in [-0.2, 0) is 5.60 Å². The lowest BCUT2D eigenvalue weighted by Crippen LogP contribution is -2.44. The van der Waals surface area contributed by atoms with Crippen molar-refractivity contribution in [3.63, 3.8) is 0 Å². The Morgan fingerprint density at radius 2 is 1.18 bits per heavy atom. The highest BCUT2D eigenvalue weighted by Crippen LogP contribution is 2.41. The molecule has 0 bridgehead atoms. The molecule has 0 atom stereocenters. The highest BCUT2D eigenvalue weighted by atomic mass is 16.3. The first-order valence-corrected chi connectivity index (χ1v) is 12.1. The molecule has 0 radical (unpaired) electrons. The summed E-state index contributed by atoms with van der Waals surface area (Å²) in [7, 11) is 0. The number of imide groups is 1. The lowest BCUT2D eigenvalue weighted by molar-refractivity contribution is -0.0144. The van der Waals surface area contributed by atoms with Crippen molar-refractivity contribution in [2.75, 3.05) is 26.2 Å². The van der Waals surface area contributed by atoms with Gasteiger partial charge in [0.1, 0.15) is 5.60 Å². The fraction of sp³-hybridized carbons (Fsp3) is 0.310. The van der Waals surface area contributed by atoms with E-state index in [1.165, 1.54) is 4.90 Å². The molecule has 0 aliphatic carbocycles. The maximum atomic E-state index is 12.6. The second-order valence-electron chi connectivity index (χ2n) is 9.28. The van der Waals surface area contributed by atoms with E-state index in [0.717, 1.165) is 50.0 Å². The summed E-state index contributed by atoms with van der Waals surface area (Å²) in [6.45, 7) is 3.03. The third-order valence-corrected chi connectivity index (χ3v) is 7.34. The van der Waals surface area contributed by atoms with Crippen LogP contribution in [0.2, 0.25) is 0 Å². The number of carbonyl (C=O) groups is 2. The van der Waals surface area contributed by atoms with E-state index in [1.807, 2.05) is 60.7 Å². The molecule has 1 fully saturated rings. The Kier molecular flexibility index (Phi) is 6.31. The zero-order valence-electron chi connectivity index (χ0n) is 19.3. The second-order valence-corrected chi connectivity index (χ2v) is 9.28. The Morgan fingerprint density at radius 1 is 0.706 bits per heavy atom. The van der Waals surface area contributed by atoms with Gasteiger partial charge >= 0.3 is 0 Å². The van der Waals surface area contributed by atoms with Crippen molar-refractivity contribution in [3.8, 4) is 0 Å². The van der Waals surface area contributed by atoms with Crippen LogP contribution in [0.15, 0.2) is 84.9 Å². The fourth-order valence-corrected chi connectivity index (χ4v) is 5.49. The molecular formula is C29H30N2O3. The lowest BCUT2D eigenvalue weighted by Gasteiger charge is -2.42. The Labute approximate surface area is 200 Å². The second kappa shape index (κ2) is 9.53. The summed E-state index contributed by atoms with van der Waals surface area (Å²) in [6, 6.07) is 27.0. The van der Waals surface area contributed by atoms with E-state index in [1.54, 1.807) is 24.3 Å². The number of carbonyl (C=O) groups excluding carboxylic acids is 2. The minimum atomic E-state index is -1.02. The van der Waals surface area contributed by atoms with Gasteiger partial charge in [-0.25, -0.2) is 0 Å². The number of nitrogens with zero attached hydrogens (tertiary/aromatic N) is 2. The molecule has 0 saturated carbocycles. The largest absolute Gasteiger partial charge is 0.380 e. The lowest BCUT2D eigenvalue weighted by atomic mass is 9.72. The van der Waals surface area contributed by atoms with Gasteiger partial charge in [-0.1, -0.05) is 72.8 Å². The van der Waals surface area contributed by atoms with Gasteiger partial charge < -0.3 is 10.0 Å². The number of rotatable bonds is 7. The zero-order valence-corrected chi connectivity index (χ0v) is 19.3. The molecule has 174 valence electrons. The van der Waals surface area contributed by atoms with Crippen LogP contribution in [-0.4, -0.2) is 52.9 Å². The van der Waals surface area contributed by atoms with Crippen LogP contribution in [0.5, 0.6) is 0 Å². The summed E-state index contributed by atoms with van der Waals surface area (Å²) in [5.41, 5.74) is 1.87. The molecule has 0 aromatic heterocycles. The molecule has 0 unspecified atom stereocenters. The van der Waals surface area contributed by atoms with Gasteiger partial charge in [0.2, 0.25) is 0 Å². The monoisotopic (exact) mass is 454 g/mol. The van der Waals surface area contributed by atoms with Gasteiger partial charge in [0.25, 0.3) is 11.8 Å². The first-order chi connectivity index (χ1) is 16.6. The van der Waals surface area contributed by atoms with E-state index >= 15 is 0 Å². The van der Waals surface area contributed by atoms with Crippen molar-refractivity contribution in [2.45, 2.75) is 24.9 Å². The normalized spacial score (nSPS) is 17.3. The third-order valence-electron chi connectivity index (χ3n) is 7.34. The SMILES string of the molecule is O=C1c2ccccc2C(=O)N1CCCN1CCC(C(O)(c2ccccc2)c2ccccc2)CC1. The maximum Gasteiger partial charge on any atom is 0.261 e. The van der Waals surface area contributed by atoms with Crippen molar-refractivity contribution in [3.05, 3.63) is 107 Å². The molecule has 2 aliphatic rings. The van der Waals surface area contributed by atoms with Crippen LogP contribution >= 0.6 is 0 Å². The fourth-order valence-electron chi connectivity index (χ4n) is 5.49. The molecule has 2 heterocycles. The summed E-state index contributed by atoms with van der Waals surface area (Å²) < 4.78 is 0. The molecule has 1 saturated heterocycles. The quantitative estimate of drug-likeness (QED) is 0.540. The molecule has 3 aromatic rings. The molecule has 5 rings (SSSR count). The predicted octanol–water partition coefficient (Wildman–Crippen LogP) is 4.32. The summed E-state index contributed by atoms with van der Waals surface area (Å²) >= 11 is 0. The van der Waals surface area contributed by atoms with E-state index in [9.17, 15) is 14.7 Å². The number of hydrogen-bond acceptors (Lipinski definition) is 4. The highest BCUT2D eigenvalue weighted by molar-refractivity contribution is 6.21. The summed E-state index contributed by atoms with van der Waals surface area (Å²) in [5, 5.41) is 12.0. The van der Waals surface area contributed by atoms with Gasteiger partial charge in [-0.05, 0) is 68.1 Å². The number of piperidine rings is 1. The Morgan fingerprint density at radius 3 is 1.68 bits per heavy atom. The molecule has 5 heteroatoms. The van der Waals surface area contributed by atoms with Crippen LogP contribution in [0.3, 0.4) is 0 Å². The number of aliphatic hydroxyl groups is 1. The van der Waals surface area contributed by atoms with Crippen LogP contribution < -0.4 is 0 Å². The molecule has 2 aliphatic heterocycles. The van der Waals surface area contributed by atoms with Crippen molar-refractivity contribution < 1.29 is 14.7 Å². The van der Waals surface area contributed by atoms with Gasteiger partial charge in [-0.3, -0.25) is 14.5 Å². The molecule has 3 aromatic carbocycles. The predicted molar refractivity (Wildman–Crippen MR) is 131 cm³/mol. The molecule has 2 amide bonds. The van der Waals surface area contributed by atoms with Gasteiger partial charge in [0, 0.05) is 6.54 Å². The average molecular weight is 455 g/mol. The average Bonchev–Trinajstić information content (AvgIpc) is 3.14. The Hall–Kier alpha value is -3.28. The molecular weight excluding hydrogens is 424 g/mol. The van der Waals surface area contributed by atoms with Crippen molar-refractivity contribution in [1.82, 2.24) is 9.80 Å². The number of likely N-dealkylation sites (tertiary alicyclic amines) is 1. The minimum Gasteiger partial charge on any atom is -0.380 e. The minimum absolute atomic E-state index is 0.116. The Bertz CT molecular complexity index is 1080. The summed E-state index contributed by atoms with van der Waals surface area (Å²) in [5.74, 6) is -0.255. The third kappa shape index (κ3) is 4.06. The van der Waals surface area contributed by atoms with E-state index < -0.39 is 5.60 Å². The molecule has 34 heavy (non-hydrogen) atoms. The Balaban J connectivity index is 1.20. The summed E-state index contributed by atoms with van der Waals surface area (Å²) in [4.78, 5) is 28.9. The summed E-state index contributed by atoms with van der Waals surface area (Å²) in [6.07, 6.45) is 2.51. The number of fused-ring (bicyclic) bond motifs is 1. The zero-order chi connectivity index (χ0) is 23.5.